The number of thioether (sulfide) groups is 1. The Balaban J connectivity index is 1.98. The number of pyridine rings is 1. The third kappa shape index (κ3) is 4.91. The fourth-order valence-electron chi connectivity index (χ4n) is 3.33. The van der Waals surface area contributed by atoms with E-state index in [2.05, 4.69) is 30.4 Å². The fraction of sp³-hybridized carbons (Fsp3) is 0.150. The second-order valence-electron chi connectivity index (χ2n) is 7.33. The lowest BCUT2D eigenvalue weighted by Crippen LogP contribution is -2.10. The molecule has 0 aliphatic rings. The number of nitrogens with one attached hydrogen (secondary N) is 1. The van der Waals surface area contributed by atoms with Gasteiger partial charge < -0.3 is 5.11 Å². The average Bonchev–Trinajstić information content (AvgIpc) is 3.17. The Hall–Kier alpha value is -3.32. The van der Waals surface area contributed by atoms with Gasteiger partial charge in [0.1, 0.15) is 21.7 Å². The van der Waals surface area contributed by atoms with Gasteiger partial charge in [-0.05, 0) is 36.0 Å². The number of nitriles is 1. The first-order valence-electron chi connectivity index (χ1n) is 9.55. The highest BCUT2D eigenvalue weighted by Gasteiger charge is 2.22. The molecule has 0 saturated carbocycles. The van der Waals surface area contributed by atoms with Gasteiger partial charge in [-0.1, -0.05) is 12.1 Å². The van der Waals surface area contributed by atoms with Crippen LogP contribution >= 0.6 is 23.3 Å². The molecule has 2 aromatic heterocycles. The zero-order valence-electron chi connectivity index (χ0n) is 18.3. The minimum Gasteiger partial charge on any atom is -0.506 e. The molecule has 0 amide bonds. The van der Waals surface area contributed by atoms with Crippen molar-refractivity contribution in [2.75, 3.05) is 23.5 Å². The molecule has 0 aliphatic carbocycles. The number of aromatic nitrogens is 2. The lowest BCUT2D eigenvalue weighted by atomic mass is 10.1. The summed E-state index contributed by atoms with van der Waals surface area (Å²) in [6.07, 6.45) is 3.69. The fourth-order valence-corrected chi connectivity index (χ4v) is 5.82. The normalized spacial score (nSPS) is 12.4. The van der Waals surface area contributed by atoms with E-state index >= 15 is 0 Å². The third-order valence-corrected chi connectivity index (χ3v) is 7.89. The Labute approximate surface area is 208 Å². The maximum absolute atomic E-state index is 12.3. The third-order valence-electron chi connectivity index (χ3n) is 4.75. The predicted molar refractivity (Wildman–Crippen MR) is 135 cm³/mol. The van der Waals surface area contributed by atoms with Gasteiger partial charge in [0.25, 0.3) is 0 Å². The van der Waals surface area contributed by atoms with Crippen molar-refractivity contribution in [3.05, 3.63) is 35.9 Å². The molecule has 0 bridgehead atoms. The summed E-state index contributed by atoms with van der Waals surface area (Å²) in [5.41, 5.74) is 0.803. The van der Waals surface area contributed by atoms with Gasteiger partial charge in [0, 0.05) is 17.0 Å². The smallest absolute Gasteiger partial charge is 0.229 e. The van der Waals surface area contributed by atoms with Gasteiger partial charge in [-0.2, -0.15) is 9.64 Å². The number of aromatic hydroxyl groups is 1. The van der Waals surface area contributed by atoms with Crippen LogP contribution < -0.4 is 4.72 Å². The van der Waals surface area contributed by atoms with E-state index in [0.717, 1.165) is 30.1 Å². The number of anilines is 1. The Morgan fingerprint density at radius 2 is 1.89 bits per heavy atom. The summed E-state index contributed by atoms with van der Waals surface area (Å²) in [5.74, 6) is -0.533. The van der Waals surface area contributed by atoms with Crippen LogP contribution in [-0.4, -0.2) is 50.1 Å². The Bertz CT molecular complexity index is 1790. The first kappa shape index (κ1) is 24.8. The van der Waals surface area contributed by atoms with Crippen LogP contribution in [0.4, 0.5) is 16.4 Å². The summed E-state index contributed by atoms with van der Waals surface area (Å²) in [7, 11) is -7.58. The summed E-state index contributed by atoms with van der Waals surface area (Å²) in [6.45, 7) is 0. The molecule has 0 radical (unpaired) electrons. The molecular weight excluding hydrogens is 533 g/mol. The lowest BCUT2D eigenvalue weighted by Gasteiger charge is -2.13. The molecule has 0 unspecified atom stereocenters. The molecule has 0 spiro atoms. The minimum absolute atomic E-state index is 0.000671. The summed E-state index contributed by atoms with van der Waals surface area (Å²) >= 11 is 2.29. The number of hydrogen-bond donors (Lipinski definition) is 2. The number of sulfonamides is 1. The Morgan fingerprint density at radius 1 is 1.14 bits per heavy atom. The molecule has 11 nitrogen and oxygen atoms in total. The van der Waals surface area contributed by atoms with Crippen molar-refractivity contribution >= 4 is 81.3 Å². The molecular formula is C20H16N6O5S4. The molecule has 2 N–H and O–H groups in total. The van der Waals surface area contributed by atoms with Gasteiger partial charge in [0.05, 0.1) is 28.6 Å². The number of azo groups is 1. The Kier molecular flexibility index (Phi) is 6.40. The van der Waals surface area contributed by atoms with Gasteiger partial charge >= 0.3 is 0 Å². The van der Waals surface area contributed by atoms with E-state index in [1.54, 1.807) is 12.3 Å². The van der Waals surface area contributed by atoms with Crippen molar-refractivity contribution in [1.29, 1.82) is 5.26 Å². The first-order chi connectivity index (χ1) is 16.4. The lowest BCUT2D eigenvalue weighted by molar-refractivity contribution is 0.466. The van der Waals surface area contributed by atoms with Crippen LogP contribution in [0.15, 0.2) is 50.5 Å². The largest absolute Gasteiger partial charge is 0.506 e. The zero-order valence-corrected chi connectivity index (χ0v) is 21.6. The van der Waals surface area contributed by atoms with Gasteiger partial charge in [0.15, 0.2) is 20.5 Å². The van der Waals surface area contributed by atoms with E-state index in [-0.39, 0.29) is 27.0 Å². The van der Waals surface area contributed by atoms with Crippen LogP contribution in [0.25, 0.3) is 21.8 Å². The topological polar surface area (TPSA) is 175 Å². The quantitative estimate of drug-likeness (QED) is 0.262. The summed E-state index contributed by atoms with van der Waals surface area (Å²) in [5, 5.41) is 30.0. The van der Waals surface area contributed by atoms with Gasteiger partial charge in [-0.15, -0.1) is 22.0 Å². The number of benzene rings is 2. The molecule has 15 heteroatoms. The van der Waals surface area contributed by atoms with Crippen molar-refractivity contribution < 1.29 is 21.9 Å². The molecule has 0 atom stereocenters. The van der Waals surface area contributed by atoms with Crippen molar-refractivity contribution in [2.24, 2.45) is 10.2 Å². The summed E-state index contributed by atoms with van der Waals surface area (Å²) < 4.78 is 55.0. The van der Waals surface area contributed by atoms with Crippen LogP contribution in [0.1, 0.15) is 5.56 Å². The zero-order chi connectivity index (χ0) is 25.5. The van der Waals surface area contributed by atoms with Gasteiger partial charge in [-0.25, -0.2) is 21.8 Å². The predicted octanol–water partition coefficient (Wildman–Crippen LogP) is 4.33. The van der Waals surface area contributed by atoms with E-state index in [1.807, 2.05) is 0 Å². The summed E-state index contributed by atoms with van der Waals surface area (Å²) in [6, 6.07) is 9.17. The number of hydrogen-bond acceptors (Lipinski definition) is 12. The maximum Gasteiger partial charge on any atom is 0.229 e. The number of sulfone groups is 1. The van der Waals surface area contributed by atoms with E-state index in [1.165, 1.54) is 30.0 Å². The van der Waals surface area contributed by atoms with E-state index in [4.69, 9.17) is 0 Å². The second-order valence-corrected chi connectivity index (χ2v) is 12.6. The molecule has 180 valence electrons. The molecule has 0 fully saturated rings. The highest BCUT2D eigenvalue weighted by atomic mass is 32.2. The molecule has 4 aromatic rings. The molecule has 35 heavy (non-hydrogen) atoms. The highest BCUT2D eigenvalue weighted by molar-refractivity contribution is 7.98. The monoisotopic (exact) mass is 548 g/mol. The van der Waals surface area contributed by atoms with Gasteiger partial charge in [0.2, 0.25) is 10.0 Å². The van der Waals surface area contributed by atoms with E-state index in [9.17, 15) is 27.2 Å². The summed E-state index contributed by atoms with van der Waals surface area (Å²) in [4.78, 5) is 3.97. The van der Waals surface area contributed by atoms with Crippen LogP contribution in [0.3, 0.4) is 0 Å². The SMILES string of the molecule is CSc1nc2nsc(/N=N/c3cc(S(C)(=O)=O)c(O)c4cccc(NS(C)(=O)=O)c34)c2cc1C#N. The van der Waals surface area contributed by atoms with E-state index in [0.29, 0.717) is 26.6 Å². The maximum atomic E-state index is 12.3. The van der Waals surface area contributed by atoms with Crippen LogP contribution in [0.2, 0.25) is 0 Å². The highest BCUT2D eigenvalue weighted by Crippen LogP contribution is 2.43. The average molecular weight is 549 g/mol. The Morgan fingerprint density at radius 3 is 2.51 bits per heavy atom. The van der Waals surface area contributed by atoms with Crippen LogP contribution in [-0.2, 0) is 19.9 Å². The standard InChI is InChI=1S/C20H16N6O5S4/c1-32-19-10(9-21)7-12-18(22-19)25-33-20(12)24-23-14-8-15(34(2,28)29)17(27)11-5-4-6-13(16(11)14)26-35(3,30)31/h4-8,26-27H,1-3H3/b24-23+. The number of fused-ring (bicyclic) bond motifs is 2. The van der Waals surface area contributed by atoms with Crippen LogP contribution in [0, 0.1) is 11.3 Å². The molecule has 2 aromatic carbocycles. The first-order valence-corrected chi connectivity index (χ1v) is 15.3. The number of nitrogens with zero attached hydrogens (tertiary/aromatic N) is 5. The molecule has 4 rings (SSSR count). The van der Waals surface area contributed by atoms with Crippen LogP contribution in [0.5, 0.6) is 5.75 Å². The van der Waals surface area contributed by atoms with Gasteiger partial charge in [-0.3, -0.25) is 4.72 Å². The van der Waals surface area contributed by atoms with Crippen molar-refractivity contribution in [1.82, 2.24) is 9.36 Å². The molecule has 2 heterocycles. The number of phenols is 1. The molecule has 0 saturated heterocycles. The van der Waals surface area contributed by atoms with Crippen molar-refractivity contribution in [2.45, 2.75) is 9.92 Å². The number of phenolic OH excluding ortho intramolecular Hbond substituents is 1. The van der Waals surface area contributed by atoms with Crippen molar-refractivity contribution in [3.8, 4) is 11.8 Å². The second kappa shape index (κ2) is 9.04. The molecule has 0 aliphatic heterocycles. The number of rotatable bonds is 6. The van der Waals surface area contributed by atoms with E-state index < -0.39 is 25.6 Å². The van der Waals surface area contributed by atoms with Crippen molar-refractivity contribution in [3.63, 3.8) is 0 Å². The minimum atomic E-state index is -3.87.